The molecule has 2 amide bonds. The number of aromatic nitrogens is 1. The summed E-state index contributed by atoms with van der Waals surface area (Å²) in [6.45, 7) is 1.39. The molecule has 0 unspecified atom stereocenters. The van der Waals surface area contributed by atoms with Crippen molar-refractivity contribution in [2.24, 2.45) is 5.92 Å². The summed E-state index contributed by atoms with van der Waals surface area (Å²) < 4.78 is 15.1. The van der Waals surface area contributed by atoms with Gasteiger partial charge in [-0.05, 0) is 19.1 Å². The molecular weight excluding hydrogens is 354 g/mol. The number of carbonyl (C=O) groups is 3. The summed E-state index contributed by atoms with van der Waals surface area (Å²) in [6.07, 6.45) is 0.0149. The van der Waals surface area contributed by atoms with Crippen molar-refractivity contribution in [1.29, 1.82) is 0 Å². The van der Waals surface area contributed by atoms with Crippen LogP contribution in [0.5, 0.6) is 5.75 Å². The number of methoxy groups -OCH3 is 1. The number of ether oxygens (including phenoxy) is 2. The molecule has 1 atom stereocenters. The Morgan fingerprint density at radius 2 is 2.15 bits per heavy atom. The molecule has 0 aliphatic carbocycles. The Labute approximate surface area is 155 Å². The van der Waals surface area contributed by atoms with Crippen LogP contribution in [0.3, 0.4) is 0 Å². The maximum Gasteiger partial charge on any atom is 0.311 e. The number of hydrogen-bond acceptors (Lipinski definition) is 7. The van der Waals surface area contributed by atoms with Gasteiger partial charge < -0.3 is 24.2 Å². The van der Waals surface area contributed by atoms with Gasteiger partial charge in [0.25, 0.3) is 5.91 Å². The first kappa shape index (κ1) is 18.4. The van der Waals surface area contributed by atoms with Gasteiger partial charge in [0.15, 0.2) is 12.4 Å². The molecule has 0 radical (unpaired) electrons. The van der Waals surface area contributed by atoms with E-state index >= 15 is 0 Å². The Balaban J connectivity index is 1.55. The lowest BCUT2D eigenvalue weighted by Gasteiger charge is -2.19. The lowest BCUT2D eigenvalue weighted by atomic mass is 10.1. The van der Waals surface area contributed by atoms with Gasteiger partial charge >= 0.3 is 5.97 Å². The summed E-state index contributed by atoms with van der Waals surface area (Å²) in [5, 5.41) is 6.07. The zero-order chi connectivity index (χ0) is 19.4. The van der Waals surface area contributed by atoms with Crippen LogP contribution in [0.25, 0.3) is 0 Å². The SMILES string of the molecule is COc1ccccc1N1C[C@@H](C(=O)OCC(=O)Nc2cc(C)on2)CC1=O. The molecule has 1 aliphatic rings. The lowest BCUT2D eigenvalue weighted by Crippen LogP contribution is -2.28. The van der Waals surface area contributed by atoms with Crippen molar-refractivity contribution < 1.29 is 28.4 Å². The molecule has 0 bridgehead atoms. The van der Waals surface area contributed by atoms with Gasteiger partial charge in [-0.15, -0.1) is 0 Å². The smallest absolute Gasteiger partial charge is 0.311 e. The molecule has 9 heteroatoms. The first-order chi connectivity index (χ1) is 13.0. The first-order valence-electron chi connectivity index (χ1n) is 8.31. The molecule has 1 aliphatic heterocycles. The molecule has 1 saturated heterocycles. The number of anilines is 2. The van der Waals surface area contributed by atoms with E-state index in [4.69, 9.17) is 14.0 Å². The number of benzene rings is 1. The van der Waals surface area contributed by atoms with Crippen LogP contribution in [0.4, 0.5) is 11.5 Å². The van der Waals surface area contributed by atoms with Crippen LogP contribution < -0.4 is 15.0 Å². The topological polar surface area (TPSA) is 111 Å². The standard InChI is InChI=1S/C18H19N3O6/c1-11-7-15(20-27-11)19-16(22)10-26-18(24)12-8-17(23)21(9-12)13-5-3-4-6-14(13)25-2/h3-7,12H,8-10H2,1-2H3,(H,19,20,22)/t12-/m0/s1. The van der Waals surface area contributed by atoms with Gasteiger partial charge in [-0.25, -0.2) is 0 Å². The van der Waals surface area contributed by atoms with Crippen LogP contribution >= 0.6 is 0 Å². The average Bonchev–Trinajstić information content (AvgIpc) is 3.25. The summed E-state index contributed by atoms with van der Waals surface area (Å²) in [6, 6.07) is 8.61. The van der Waals surface area contributed by atoms with Crippen molar-refractivity contribution in [1.82, 2.24) is 5.16 Å². The van der Waals surface area contributed by atoms with Crippen LogP contribution in [-0.4, -0.2) is 43.2 Å². The summed E-state index contributed by atoms with van der Waals surface area (Å²) in [4.78, 5) is 37.8. The van der Waals surface area contributed by atoms with Crippen molar-refractivity contribution >= 4 is 29.3 Å². The second-order valence-corrected chi connectivity index (χ2v) is 6.06. The van der Waals surface area contributed by atoms with Crippen molar-refractivity contribution in [3.05, 3.63) is 36.1 Å². The van der Waals surface area contributed by atoms with Crippen LogP contribution in [0.15, 0.2) is 34.9 Å². The number of hydrogen-bond donors (Lipinski definition) is 1. The van der Waals surface area contributed by atoms with E-state index in [0.717, 1.165) is 0 Å². The lowest BCUT2D eigenvalue weighted by molar-refractivity contribution is -0.151. The number of carbonyl (C=O) groups excluding carboxylic acids is 3. The third kappa shape index (κ3) is 4.25. The van der Waals surface area contributed by atoms with E-state index in [1.54, 1.807) is 37.3 Å². The highest BCUT2D eigenvalue weighted by molar-refractivity contribution is 6.01. The number of para-hydroxylation sites is 2. The minimum Gasteiger partial charge on any atom is -0.495 e. The van der Waals surface area contributed by atoms with Gasteiger partial charge in [0.05, 0.1) is 18.7 Å². The molecule has 0 saturated carbocycles. The highest BCUT2D eigenvalue weighted by atomic mass is 16.5. The number of nitrogens with one attached hydrogen (secondary N) is 1. The molecule has 142 valence electrons. The minimum atomic E-state index is -0.649. The third-order valence-electron chi connectivity index (χ3n) is 4.08. The Hall–Kier alpha value is -3.36. The van der Waals surface area contributed by atoms with Crippen molar-refractivity contribution in [3.63, 3.8) is 0 Å². The number of amides is 2. The van der Waals surface area contributed by atoms with Crippen molar-refractivity contribution in [2.45, 2.75) is 13.3 Å². The quantitative estimate of drug-likeness (QED) is 0.764. The Bertz CT molecular complexity index is 862. The highest BCUT2D eigenvalue weighted by Crippen LogP contribution is 2.33. The predicted molar refractivity (Wildman–Crippen MR) is 94.3 cm³/mol. The largest absolute Gasteiger partial charge is 0.495 e. The molecule has 1 aromatic heterocycles. The molecule has 1 fully saturated rings. The predicted octanol–water partition coefficient (Wildman–Crippen LogP) is 1.53. The van der Waals surface area contributed by atoms with E-state index in [0.29, 0.717) is 17.2 Å². The summed E-state index contributed by atoms with van der Waals surface area (Å²) in [5.41, 5.74) is 0.597. The van der Waals surface area contributed by atoms with E-state index in [1.165, 1.54) is 12.0 Å². The second-order valence-electron chi connectivity index (χ2n) is 6.06. The number of rotatable bonds is 6. The van der Waals surface area contributed by atoms with Gasteiger partial charge in [0.1, 0.15) is 11.5 Å². The van der Waals surface area contributed by atoms with E-state index in [-0.39, 0.29) is 24.7 Å². The molecule has 27 heavy (non-hydrogen) atoms. The summed E-state index contributed by atoms with van der Waals surface area (Å²) in [5.74, 6) is -0.666. The van der Waals surface area contributed by atoms with E-state index < -0.39 is 24.4 Å². The van der Waals surface area contributed by atoms with Crippen LogP contribution in [0.2, 0.25) is 0 Å². The number of aryl methyl sites for hydroxylation is 1. The van der Waals surface area contributed by atoms with Crippen molar-refractivity contribution in [3.8, 4) is 5.75 Å². The van der Waals surface area contributed by atoms with Gasteiger partial charge in [0, 0.05) is 19.0 Å². The molecule has 2 aromatic rings. The molecule has 1 aromatic carbocycles. The molecule has 2 heterocycles. The fourth-order valence-corrected chi connectivity index (χ4v) is 2.81. The highest BCUT2D eigenvalue weighted by Gasteiger charge is 2.37. The van der Waals surface area contributed by atoms with Crippen LogP contribution in [0.1, 0.15) is 12.2 Å². The Morgan fingerprint density at radius 1 is 1.37 bits per heavy atom. The zero-order valence-electron chi connectivity index (χ0n) is 14.9. The minimum absolute atomic E-state index is 0.0149. The molecular formula is C18H19N3O6. The van der Waals surface area contributed by atoms with E-state index in [2.05, 4.69) is 10.5 Å². The monoisotopic (exact) mass is 373 g/mol. The summed E-state index contributed by atoms with van der Waals surface area (Å²) >= 11 is 0. The molecule has 1 N–H and O–H groups in total. The van der Waals surface area contributed by atoms with Gasteiger partial charge in [0.2, 0.25) is 5.91 Å². The Morgan fingerprint density at radius 3 is 2.85 bits per heavy atom. The van der Waals surface area contributed by atoms with E-state index in [9.17, 15) is 14.4 Å². The third-order valence-corrected chi connectivity index (χ3v) is 4.08. The number of nitrogens with zero attached hydrogens (tertiary/aromatic N) is 2. The van der Waals surface area contributed by atoms with E-state index in [1.807, 2.05) is 0 Å². The molecule has 3 rings (SSSR count). The normalized spacial score (nSPS) is 16.3. The van der Waals surface area contributed by atoms with Gasteiger partial charge in [-0.3, -0.25) is 14.4 Å². The fourth-order valence-electron chi connectivity index (χ4n) is 2.81. The molecule has 0 spiro atoms. The Kier molecular flexibility index (Phi) is 5.39. The van der Waals surface area contributed by atoms with Crippen LogP contribution in [0, 0.1) is 12.8 Å². The maximum absolute atomic E-state index is 12.3. The average molecular weight is 373 g/mol. The van der Waals surface area contributed by atoms with Gasteiger partial charge in [-0.1, -0.05) is 17.3 Å². The fraction of sp³-hybridized carbons (Fsp3) is 0.333. The maximum atomic E-state index is 12.3. The zero-order valence-corrected chi connectivity index (χ0v) is 14.9. The number of esters is 1. The second kappa shape index (κ2) is 7.90. The van der Waals surface area contributed by atoms with Gasteiger partial charge in [-0.2, -0.15) is 0 Å². The summed E-state index contributed by atoms with van der Waals surface area (Å²) in [7, 11) is 1.51. The first-order valence-corrected chi connectivity index (χ1v) is 8.31. The molecule has 9 nitrogen and oxygen atoms in total. The van der Waals surface area contributed by atoms with Crippen LogP contribution in [-0.2, 0) is 19.1 Å². The van der Waals surface area contributed by atoms with Crippen molar-refractivity contribution in [2.75, 3.05) is 30.5 Å².